The summed E-state index contributed by atoms with van der Waals surface area (Å²) in [4.78, 5) is 13.1. The van der Waals surface area contributed by atoms with E-state index >= 15 is 0 Å². The molecular weight excluding hydrogens is 578 g/mol. The van der Waals surface area contributed by atoms with Crippen LogP contribution in [0.25, 0.3) is 0 Å². The zero-order chi connectivity index (χ0) is 28.8. The van der Waals surface area contributed by atoms with Crippen molar-refractivity contribution < 1.29 is 52.1 Å². The number of ether oxygens (including phenoxy) is 2. The van der Waals surface area contributed by atoms with E-state index in [0.717, 1.165) is 12.5 Å². The number of nitrogens with one attached hydrogen (secondary N) is 1. The molecule has 16 heteroatoms. The molecule has 0 saturated carbocycles. The lowest BCUT2D eigenvalue weighted by molar-refractivity contribution is -0.261. The van der Waals surface area contributed by atoms with E-state index in [-0.39, 0.29) is 12.2 Å². The fourth-order valence-electron chi connectivity index (χ4n) is 3.73. The van der Waals surface area contributed by atoms with E-state index < -0.39 is 73.5 Å². The highest BCUT2D eigenvalue weighted by molar-refractivity contribution is 7.86. The quantitative estimate of drug-likeness (QED) is 0.329. The Morgan fingerprint density at radius 1 is 0.795 bits per heavy atom. The lowest BCUT2D eigenvalue weighted by atomic mass is 9.96. The molecule has 1 saturated heterocycles. The molecule has 0 unspecified atom stereocenters. The van der Waals surface area contributed by atoms with Gasteiger partial charge in [0, 0.05) is 5.56 Å². The molecule has 2 aromatic rings. The van der Waals surface area contributed by atoms with E-state index in [1.807, 2.05) is 0 Å². The third-order valence-electron chi connectivity index (χ3n) is 5.26. The van der Waals surface area contributed by atoms with Crippen molar-refractivity contribution in [2.75, 3.05) is 25.4 Å². The molecule has 1 heterocycles. The van der Waals surface area contributed by atoms with Crippen molar-refractivity contribution in [2.24, 2.45) is 0 Å². The van der Waals surface area contributed by atoms with E-state index in [0.29, 0.717) is 11.8 Å². The van der Waals surface area contributed by atoms with Crippen LogP contribution < -0.4 is 5.32 Å². The fraction of sp³-hybridized carbons (Fsp3) is 0.435. The van der Waals surface area contributed by atoms with E-state index in [9.17, 15) is 30.0 Å². The summed E-state index contributed by atoms with van der Waals surface area (Å²) < 4.78 is 99.1. The Labute approximate surface area is 227 Å². The average Bonchev–Trinajstić information content (AvgIpc) is 2.83. The van der Waals surface area contributed by atoms with E-state index in [1.54, 1.807) is 48.5 Å². The van der Waals surface area contributed by atoms with Gasteiger partial charge < -0.3 is 14.8 Å². The van der Waals surface area contributed by atoms with Crippen molar-refractivity contribution in [3.63, 3.8) is 0 Å². The summed E-state index contributed by atoms with van der Waals surface area (Å²) in [7, 11) is -12.6. The smallest absolute Gasteiger partial charge is 0.264 e. The van der Waals surface area contributed by atoms with Gasteiger partial charge >= 0.3 is 0 Å². The largest absolute Gasteiger partial charge is 0.346 e. The van der Waals surface area contributed by atoms with Gasteiger partial charge in [0.2, 0.25) is 0 Å². The first kappa shape index (κ1) is 31.1. The molecule has 0 aromatic heterocycles. The molecule has 3 rings (SSSR count). The van der Waals surface area contributed by atoms with Gasteiger partial charge in [0.25, 0.3) is 36.3 Å². The van der Waals surface area contributed by atoms with Gasteiger partial charge in [-0.25, -0.2) is 0 Å². The third kappa shape index (κ3) is 10.2. The first-order valence-electron chi connectivity index (χ1n) is 11.4. The summed E-state index contributed by atoms with van der Waals surface area (Å²) >= 11 is 0. The molecule has 1 fully saturated rings. The van der Waals surface area contributed by atoms with Crippen LogP contribution in [0, 0.1) is 0 Å². The van der Waals surface area contributed by atoms with Gasteiger partial charge in [-0.1, -0.05) is 48.5 Å². The normalized spacial score (nSPS) is 24.2. The highest BCUT2D eigenvalue weighted by Crippen LogP contribution is 2.30. The lowest BCUT2D eigenvalue weighted by Crippen LogP contribution is -2.66. The number of benzene rings is 2. The Morgan fingerprint density at radius 2 is 1.33 bits per heavy atom. The van der Waals surface area contributed by atoms with Crippen LogP contribution in [0.2, 0.25) is 0 Å². The highest BCUT2D eigenvalue weighted by Gasteiger charge is 2.52. The maximum atomic E-state index is 13.1. The minimum atomic E-state index is -4.30. The van der Waals surface area contributed by atoms with Gasteiger partial charge in [-0.15, -0.1) is 0 Å². The fourth-order valence-corrected chi connectivity index (χ4v) is 5.39. The summed E-state index contributed by atoms with van der Waals surface area (Å²) in [6, 6.07) is 15.2. The first-order valence-corrected chi connectivity index (χ1v) is 16.8. The molecule has 216 valence electrons. The van der Waals surface area contributed by atoms with Crippen LogP contribution in [0.15, 0.2) is 60.7 Å². The zero-order valence-corrected chi connectivity index (χ0v) is 23.6. The van der Waals surface area contributed by atoms with Crippen molar-refractivity contribution in [1.29, 1.82) is 0 Å². The zero-order valence-electron chi connectivity index (χ0n) is 21.2. The molecule has 13 nitrogen and oxygen atoms in total. The van der Waals surface area contributed by atoms with Gasteiger partial charge in [-0.05, 0) is 17.7 Å². The van der Waals surface area contributed by atoms with Gasteiger partial charge in [0.15, 0.2) is 6.29 Å². The predicted octanol–water partition coefficient (Wildman–Crippen LogP) is 0.393. The summed E-state index contributed by atoms with van der Waals surface area (Å²) in [5.74, 6) is -0.677. The molecule has 1 aliphatic rings. The van der Waals surface area contributed by atoms with E-state index in [4.69, 9.17) is 22.0 Å². The molecule has 1 amide bonds. The Hall–Kier alpha value is -2.44. The topological polar surface area (TPSA) is 178 Å². The molecule has 1 aliphatic heterocycles. The Kier molecular flexibility index (Phi) is 10.2. The number of carbonyl (C=O) groups excluding carboxylic acids is 1. The van der Waals surface area contributed by atoms with Crippen LogP contribution in [0.1, 0.15) is 15.9 Å². The van der Waals surface area contributed by atoms with Crippen LogP contribution in [0.3, 0.4) is 0 Å². The standard InChI is InChI=1S/C23H29NO12S3/c1-37(26,27)33-15-18-20(35-38(2,28)29)21(36-39(3,30)31)19(24-22(25)17-12-8-5-9-13-17)23(34-18)32-14-16-10-6-4-7-11-16/h4-13,18-21,23H,14-15H2,1-3H3,(H,24,25)/t18-,19+,20-,21-,23-/m1/s1. The Bertz CT molecular complexity index is 1430. The summed E-state index contributed by atoms with van der Waals surface area (Å²) in [6.45, 7) is -0.848. The minimum Gasteiger partial charge on any atom is -0.346 e. The number of carbonyl (C=O) groups is 1. The number of hydrogen-bond donors (Lipinski definition) is 1. The second-order valence-corrected chi connectivity index (χ2v) is 13.6. The molecule has 5 atom stereocenters. The summed E-state index contributed by atoms with van der Waals surface area (Å²) in [5, 5.41) is 2.59. The minimum absolute atomic E-state index is 0.0773. The maximum absolute atomic E-state index is 13.1. The Balaban J connectivity index is 2.05. The summed E-state index contributed by atoms with van der Waals surface area (Å²) in [5.41, 5.74) is 0.883. The van der Waals surface area contributed by atoms with Crippen molar-refractivity contribution in [3.8, 4) is 0 Å². The van der Waals surface area contributed by atoms with E-state index in [1.165, 1.54) is 12.1 Å². The number of hydrogen-bond acceptors (Lipinski definition) is 12. The summed E-state index contributed by atoms with van der Waals surface area (Å²) in [6.07, 6.45) is -4.31. The monoisotopic (exact) mass is 607 g/mol. The van der Waals surface area contributed by atoms with Gasteiger partial charge in [0.1, 0.15) is 24.4 Å². The number of rotatable bonds is 12. The maximum Gasteiger partial charge on any atom is 0.264 e. The van der Waals surface area contributed by atoms with Gasteiger partial charge in [-0.3, -0.25) is 17.3 Å². The van der Waals surface area contributed by atoms with Crippen LogP contribution >= 0.6 is 0 Å². The van der Waals surface area contributed by atoms with Gasteiger partial charge in [0.05, 0.1) is 32.0 Å². The predicted molar refractivity (Wildman–Crippen MR) is 138 cm³/mol. The highest BCUT2D eigenvalue weighted by atomic mass is 32.2. The molecule has 39 heavy (non-hydrogen) atoms. The SMILES string of the molecule is CS(=O)(=O)OC[C@H]1O[C@@H](OCc2ccccc2)[C@@H](NC(=O)c2ccccc2)[C@@H](OS(C)(=O)=O)[C@@H]1OS(C)(=O)=O. The van der Waals surface area contributed by atoms with Crippen molar-refractivity contribution in [3.05, 3.63) is 71.8 Å². The van der Waals surface area contributed by atoms with Gasteiger partial charge in [-0.2, -0.15) is 25.3 Å². The average molecular weight is 608 g/mol. The molecule has 0 aliphatic carbocycles. The van der Waals surface area contributed by atoms with Crippen LogP contribution in [-0.2, 0) is 59.0 Å². The molecule has 0 bridgehead atoms. The Morgan fingerprint density at radius 3 is 1.87 bits per heavy atom. The lowest BCUT2D eigenvalue weighted by Gasteiger charge is -2.44. The second kappa shape index (κ2) is 12.8. The van der Waals surface area contributed by atoms with Crippen LogP contribution in [-0.4, -0.2) is 87.2 Å². The molecule has 0 spiro atoms. The molecule has 0 radical (unpaired) electrons. The third-order valence-corrected chi connectivity index (χ3v) is 6.96. The van der Waals surface area contributed by atoms with Crippen LogP contribution in [0.5, 0.6) is 0 Å². The number of amides is 1. The molecule has 1 N–H and O–H groups in total. The molecule has 2 aromatic carbocycles. The first-order chi connectivity index (χ1) is 18.1. The van der Waals surface area contributed by atoms with Crippen molar-refractivity contribution in [2.45, 2.75) is 37.3 Å². The van der Waals surface area contributed by atoms with Crippen LogP contribution in [0.4, 0.5) is 0 Å². The van der Waals surface area contributed by atoms with Crippen molar-refractivity contribution >= 4 is 36.3 Å². The second-order valence-electron chi connectivity index (χ2n) is 8.72. The van der Waals surface area contributed by atoms with E-state index in [2.05, 4.69) is 5.32 Å². The van der Waals surface area contributed by atoms with Crippen molar-refractivity contribution in [1.82, 2.24) is 5.32 Å². The molecular formula is C23H29NO12S3.